The number of likely N-dealkylation sites (N-methyl/N-ethyl adjacent to an activating group) is 1. The minimum atomic E-state index is -0.858. The molecular weight excluding hydrogens is 568 g/mol. The van der Waals surface area contributed by atoms with Gasteiger partial charge in [-0.25, -0.2) is 18.4 Å². The summed E-state index contributed by atoms with van der Waals surface area (Å²) in [4.78, 5) is 40.0. The van der Waals surface area contributed by atoms with Gasteiger partial charge >= 0.3 is 12.2 Å². The molecule has 242 valence electrons. The zero-order chi connectivity index (χ0) is 32.7. The highest BCUT2D eigenvalue weighted by molar-refractivity contribution is 5.96. The lowest BCUT2D eigenvalue weighted by Gasteiger charge is -2.29. The molecule has 1 aliphatic rings. The number of carbonyl (C=O) groups is 3. The maximum atomic E-state index is 14.9. The lowest BCUT2D eigenvalue weighted by Crippen LogP contribution is -2.39. The van der Waals surface area contributed by atoms with E-state index in [1.54, 1.807) is 72.6 Å². The minimum absolute atomic E-state index is 0. The van der Waals surface area contributed by atoms with Gasteiger partial charge < -0.3 is 24.6 Å². The van der Waals surface area contributed by atoms with Crippen LogP contribution in [-0.4, -0.2) is 65.8 Å². The van der Waals surface area contributed by atoms with Crippen LogP contribution >= 0.6 is 0 Å². The standard InChI is InChI=1S/C33H43F2N3O5.CH4/c1-21(13-16-37(10)30(40)42-32(4,5)6)22(2)19-27(34)23(3)36-29(39)26-12-11-25(20-28(26)35)24-14-17-38(18-15-24)31(41)43-33(7,8)9;/h11-14,19-20H,2-3,15-18H2,1,4-10H3,(H,36,39);1H4/b21-13+,27-19+;. The summed E-state index contributed by atoms with van der Waals surface area (Å²) in [5.41, 5.74) is 0.452. The maximum Gasteiger partial charge on any atom is 0.410 e. The number of ether oxygens (including phenoxy) is 2. The lowest BCUT2D eigenvalue weighted by atomic mass is 9.98. The Bertz CT molecular complexity index is 1360. The molecule has 0 radical (unpaired) electrons. The summed E-state index contributed by atoms with van der Waals surface area (Å²) in [5.74, 6) is -2.49. The fourth-order valence-corrected chi connectivity index (χ4v) is 3.76. The highest BCUT2D eigenvalue weighted by atomic mass is 19.1. The normalized spacial score (nSPS) is 14.1. The Hall–Kier alpha value is -4.21. The largest absolute Gasteiger partial charge is 0.444 e. The molecular formula is C34H47F2N3O5. The van der Waals surface area contributed by atoms with Gasteiger partial charge in [-0.1, -0.05) is 38.8 Å². The summed E-state index contributed by atoms with van der Waals surface area (Å²) < 4.78 is 40.5. The first-order valence-electron chi connectivity index (χ1n) is 13.9. The second-order valence-electron chi connectivity index (χ2n) is 12.3. The number of nitrogens with zero attached hydrogens (tertiary/aromatic N) is 2. The molecule has 1 aromatic carbocycles. The first-order chi connectivity index (χ1) is 19.8. The summed E-state index contributed by atoms with van der Waals surface area (Å²) >= 11 is 0. The molecule has 1 aliphatic heterocycles. The number of hydrogen-bond acceptors (Lipinski definition) is 5. The number of halogens is 2. The van der Waals surface area contributed by atoms with Crippen molar-refractivity contribution in [2.75, 3.05) is 26.7 Å². The molecule has 1 N–H and O–H groups in total. The van der Waals surface area contributed by atoms with Crippen LogP contribution in [-0.2, 0) is 9.47 Å². The van der Waals surface area contributed by atoms with E-state index in [-0.39, 0.29) is 25.2 Å². The van der Waals surface area contributed by atoms with Crippen LogP contribution in [0.5, 0.6) is 0 Å². The van der Waals surface area contributed by atoms with Crippen LogP contribution < -0.4 is 5.32 Å². The number of carbonyl (C=O) groups excluding carboxylic acids is 3. The summed E-state index contributed by atoms with van der Waals surface area (Å²) in [5, 5.41) is 2.28. The van der Waals surface area contributed by atoms with Crippen molar-refractivity contribution in [1.82, 2.24) is 15.1 Å². The van der Waals surface area contributed by atoms with Crippen molar-refractivity contribution in [3.8, 4) is 0 Å². The van der Waals surface area contributed by atoms with Crippen molar-refractivity contribution < 1.29 is 32.6 Å². The second kappa shape index (κ2) is 15.5. The van der Waals surface area contributed by atoms with Gasteiger partial charge in [0.1, 0.15) is 22.8 Å². The molecule has 0 saturated carbocycles. The average molecular weight is 616 g/mol. The van der Waals surface area contributed by atoms with Crippen molar-refractivity contribution in [3.63, 3.8) is 0 Å². The monoisotopic (exact) mass is 615 g/mol. The highest BCUT2D eigenvalue weighted by Gasteiger charge is 2.24. The minimum Gasteiger partial charge on any atom is -0.444 e. The van der Waals surface area contributed by atoms with E-state index in [9.17, 15) is 23.2 Å². The van der Waals surface area contributed by atoms with Crippen molar-refractivity contribution in [2.45, 2.75) is 73.5 Å². The van der Waals surface area contributed by atoms with E-state index in [2.05, 4.69) is 18.5 Å². The average Bonchev–Trinajstić information content (AvgIpc) is 2.89. The number of benzene rings is 1. The predicted molar refractivity (Wildman–Crippen MR) is 171 cm³/mol. The molecule has 1 aromatic rings. The number of hydrogen-bond donors (Lipinski definition) is 1. The molecule has 3 amide bonds. The van der Waals surface area contributed by atoms with Gasteiger partial charge in [0.25, 0.3) is 5.91 Å². The van der Waals surface area contributed by atoms with Crippen molar-refractivity contribution >= 4 is 23.7 Å². The van der Waals surface area contributed by atoms with Crippen molar-refractivity contribution in [2.24, 2.45) is 0 Å². The van der Waals surface area contributed by atoms with Gasteiger partial charge in [-0.05, 0) is 95.4 Å². The summed E-state index contributed by atoms with van der Waals surface area (Å²) in [6.45, 7) is 20.7. The quantitative estimate of drug-likeness (QED) is 0.300. The van der Waals surface area contributed by atoms with Gasteiger partial charge in [0.2, 0.25) is 0 Å². The number of amides is 3. The molecule has 0 bridgehead atoms. The van der Waals surface area contributed by atoms with E-state index in [4.69, 9.17) is 9.47 Å². The lowest BCUT2D eigenvalue weighted by molar-refractivity contribution is 0.0268. The molecule has 44 heavy (non-hydrogen) atoms. The van der Waals surface area contributed by atoms with E-state index in [1.165, 1.54) is 17.0 Å². The number of nitrogens with one attached hydrogen (secondary N) is 1. The zero-order valence-electron chi connectivity index (χ0n) is 26.4. The van der Waals surface area contributed by atoms with E-state index in [0.717, 1.165) is 11.6 Å². The zero-order valence-corrected chi connectivity index (χ0v) is 26.4. The summed E-state index contributed by atoms with van der Waals surface area (Å²) in [7, 11) is 1.58. The molecule has 0 atom stereocenters. The van der Waals surface area contributed by atoms with Gasteiger partial charge in [-0.2, -0.15) is 0 Å². The molecule has 10 heteroatoms. The number of rotatable bonds is 8. The smallest absolute Gasteiger partial charge is 0.410 e. The first-order valence-corrected chi connectivity index (χ1v) is 13.9. The van der Waals surface area contributed by atoms with Crippen LogP contribution in [0.4, 0.5) is 18.4 Å². The van der Waals surface area contributed by atoms with Crippen molar-refractivity contribution in [3.05, 3.63) is 89.2 Å². The van der Waals surface area contributed by atoms with Crippen molar-refractivity contribution in [1.29, 1.82) is 0 Å². The molecule has 0 aromatic heterocycles. The highest BCUT2D eigenvalue weighted by Crippen LogP contribution is 2.25. The van der Waals surface area contributed by atoms with Gasteiger partial charge in [-0.15, -0.1) is 0 Å². The Morgan fingerprint density at radius 2 is 1.70 bits per heavy atom. The van der Waals surface area contributed by atoms with E-state index in [0.29, 0.717) is 36.2 Å². The van der Waals surface area contributed by atoms with Crippen LogP contribution in [0, 0.1) is 5.82 Å². The second-order valence-corrected chi connectivity index (χ2v) is 12.3. The third-order valence-corrected chi connectivity index (χ3v) is 6.18. The molecule has 2 rings (SSSR count). The topological polar surface area (TPSA) is 88.2 Å². The molecule has 0 unspecified atom stereocenters. The fourth-order valence-electron chi connectivity index (χ4n) is 3.76. The van der Waals surface area contributed by atoms with Crippen LogP contribution in [0.1, 0.15) is 78.2 Å². The van der Waals surface area contributed by atoms with Gasteiger partial charge in [0.15, 0.2) is 0 Å². The third-order valence-electron chi connectivity index (χ3n) is 6.18. The van der Waals surface area contributed by atoms with Gasteiger partial charge in [-0.3, -0.25) is 4.79 Å². The predicted octanol–water partition coefficient (Wildman–Crippen LogP) is 7.95. The van der Waals surface area contributed by atoms with Crippen LogP contribution in [0.25, 0.3) is 5.57 Å². The molecule has 1 heterocycles. The SMILES string of the molecule is C.C=C(/C=C(/F)C(=C)NC(=O)c1ccc(C2=CCN(C(=O)OC(C)(C)C)CC2)cc1F)/C(C)=C/CN(C)C(=O)OC(C)(C)C. The Balaban J connectivity index is 0.00000968. The molecule has 0 spiro atoms. The van der Waals surface area contributed by atoms with E-state index >= 15 is 0 Å². The van der Waals surface area contributed by atoms with E-state index < -0.39 is 40.9 Å². The molecule has 8 nitrogen and oxygen atoms in total. The Kier molecular flexibility index (Phi) is 13.3. The maximum absolute atomic E-state index is 14.9. The molecule has 0 fully saturated rings. The van der Waals surface area contributed by atoms with Gasteiger partial charge in [0.05, 0.1) is 11.3 Å². The third kappa shape index (κ3) is 11.8. The van der Waals surface area contributed by atoms with Crippen LogP contribution in [0.3, 0.4) is 0 Å². The Morgan fingerprint density at radius 3 is 2.23 bits per heavy atom. The number of allylic oxidation sites excluding steroid dienone is 4. The summed E-state index contributed by atoms with van der Waals surface area (Å²) in [6, 6.07) is 4.16. The molecule has 0 aliphatic carbocycles. The summed E-state index contributed by atoms with van der Waals surface area (Å²) in [6.07, 6.45) is 4.18. The Labute approximate surface area is 260 Å². The van der Waals surface area contributed by atoms with Gasteiger partial charge in [0, 0.05) is 26.7 Å². The van der Waals surface area contributed by atoms with Crippen LogP contribution in [0.15, 0.2) is 72.3 Å². The molecule has 0 saturated heterocycles. The van der Waals surface area contributed by atoms with E-state index in [1.807, 2.05) is 6.08 Å². The Morgan fingerprint density at radius 1 is 1.09 bits per heavy atom. The van der Waals surface area contributed by atoms with Crippen LogP contribution in [0.2, 0.25) is 0 Å². The fraction of sp³-hybridized carbons (Fsp3) is 0.441. The first kappa shape index (κ1) is 37.8.